The first kappa shape index (κ1) is 48.8. The van der Waals surface area contributed by atoms with E-state index in [1.54, 1.807) is 18.8 Å². The van der Waals surface area contributed by atoms with Crippen LogP contribution in [0.3, 0.4) is 0 Å². The summed E-state index contributed by atoms with van der Waals surface area (Å²) in [5.41, 5.74) is 6.54. The molecule has 1 unspecified atom stereocenters. The number of hydrogen-bond donors (Lipinski definition) is 3. The Morgan fingerprint density at radius 1 is 0.985 bits per heavy atom. The van der Waals surface area contributed by atoms with E-state index in [1.165, 1.54) is 0 Å². The van der Waals surface area contributed by atoms with Crippen LogP contribution in [0, 0.1) is 11.3 Å². The number of benzene rings is 3. The summed E-state index contributed by atoms with van der Waals surface area (Å²) in [5, 5.41) is 11.3. The second-order valence-electron chi connectivity index (χ2n) is 15.7. The molecule has 4 N–H and O–H groups in total. The quantitative estimate of drug-likeness (QED) is 0.0377. The first-order chi connectivity index (χ1) is 31.1. The van der Waals surface area contributed by atoms with E-state index in [1.807, 2.05) is 112 Å². The lowest BCUT2D eigenvalue weighted by atomic mass is 9.80. The summed E-state index contributed by atoms with van der Waals surface area (Å²) < 4.78 is 81.4. The Balaban J connectivity index is 1.46. The molecule has 3 heterocycles. The molecule has 20 heteroatoms. The minimum absolute atomic E-state index is 0.0188. The van der Waals surface area contributed by atoms with Gasteiger partial charge in [-0.3, -0.25) is 19.1 Å². The van der Waals surface area contributed by atoms with Gasteiger partial charge in [-0.25, -0.2) is 9.65 Å². The van der Waals surface area contributed by atoms with Crippen LogP contribution in [-0.4, -0.2) is 94.5 Å². The molecule has 2 aromatic heterocycles. The number of imidazole rings is 1. The minimum atomic E-state index is -5.05. The molecule has 3 aromatic carbocycles. The number of aromatic amines is 1. The van der Waals surface area contributed by atoms with Gasteiger partial charge in [0.25, 0.3) is 14.1 Å². The molecule has 0 aliphatic carbocycles. The number of carbonyl (C=O) groups is 1. The first-order valence-electron chi connectivity index (χ1n) is 21.1. The Labute approximate surface area is 376 Å². The number of rotatable bonds is 21. The summed E-state index contributed by atoms with van der Waals surface area (Å²) >= 11 is 0. The molecular formula is C45H54F3N8O8P. The van der Waals surface area contributed by atoms with Gasteiger partial charge in [-0.1, -0.05) is 54.6 Å². The number of aryl methyl sites for hydroxylation is 1. The molecule has 1 aliphatic rings. The molecule has 16 nitrogen and oxygen atoms in total. The number of alkyl halides is 3. The molecule has 6 rings (SSSR count). The van der Waals surface area contributed by atoms with Gasteiger partial charge < -0.3 is 39.0 Å². The van der Waals surface area contributed by atoms with Crippen LogP contribution >= 0.6 is 8.53 Å². The lowest BCUT2D eigenvalue weighted by Crippen LogP contribution is -2.39. The number of nitrogens with zero attached hydrogens (tertiary/aromatic N) is 5. The number of ether oxygens (including phenoxy) is 4. The van der Waals surface area contributed by atoms with E-state index in [0.29, 0.717) is 11.5 Å². The third kappa shape index (κ3) is 11.3. The minimum Gasteiger partial charge on any atom is -0.497 e. The average Bonchev–Trinajstić information content (AvgIpc) is 3.85. The second kappa shape index (κ2) is 21.6. The van der Waals surface area contributed by atoms with Gasteiger partial charge in [0.2, 0.25) is 5.95 Å². The Kier molecular flexibility index (Phi) is 16.2. The van der Waals surface area contributed by atoms with Crippen LogP contribution in [0.2, 0.25) is 0 Å². The molecule has 1 saturated heterocycles. The fourth-order valence-corrected chi connectivity index (χ4v) is 9.64. The van der Waals surface area contributed by atoms with Crippen LogP contribution in [0.1, 0.15) is 75.7 Å². The largest absolute Gasteiger partial charge is 0.497 e. The van der Waals surface area contributed by atoms with E-state index < -0.39 is 50.2 Å². The number of nitriles is 1. The average molecular weight is 923 g/mol. The van der Waals surface area contributed by atoms with E-state index in [4.69, 9.17) is 33.7 Å². The Hall–Kier alpha value is -5.61. The van der Waals surface area contributed by atoms with Crippen molar-refractivity contribution in [3.63, 3.8) is 0 Å². The van der Waals surface area contributed by atoms with Crippen molar-refractivity contribution in [2.75, 3.05) is 39.7 Å². The Morgan fingerprint density at radius 2 is 1.58 bits per heavy atom. The predicted molar refractivity (Wildman–Crippen MR) is 237 cm³/mol. The molecule has 1 fully saturated rings. The second-order valence-corrected chi connectivity index (χ2v) is 17.2. The SMILES string of the molecule is COc1ccc(C(OC[C@H]2O[C@@H](n3c(CCCNC(=O)C(F)(F)F)nc4c(=O)[nH]c(N)nc43)C[C@@H]2OP(OCCC#N)N(C(C)C)C(C)C)(c2ccccc2)c2ccc(OC)cc2)cc1. The Morgan fingerprint density at radius 3 is 2.14 bits per heavy atom. The van der Waals surface area contributed by atoms with Gasteiger partial charge in [-0.05, 0) is 75.1 Å². The maximum absolute atomic E-state index is 13.2. The van der Waals surface area contributed by atoms with Crippen LogP contribution in [0.15, 0.2) is 83.7 Å². The summed E-state index contributed by atoms with van der Waals surface area (Å²) in [4.78, 5) is 36.3. The standard InChI is InChI=1S/C45H54F3N8O8P/c1-28(2)56(29(3)4)65(62-25-11-23-49)64-35-26-38(55-37(14-10-24-51-42(58)45(46,47)48)52-39-40(55)53-43(50)54-41(39)57)63-36(35)27-61-44(30-12-8-7-9-13-30,31-15-19-33(59-5)20-16-31)32-17-21-34(60-6)22-18-32/h7-9,12-13,15-22,28-29,35-36,38H,10-11,14,24-27H2,1-6H3,(H,51,58)(H3,50,53,54,57)/t35-,36+,38+,65?/m0/s1. The number of amides is 1. The number of nitrogen functional groups attached to an aromatic ring is 1. The van der Waals surface area contributed by atoms with Crippen LogP contribution in [0.5, 0.6) is 11.5 Å². The maximum Gasteiger partial charge on any atom is 0.471 e. The highest BCUT2D eigenvalue weighted by Gasteiger charge is 2.46. The normalized spacial score (nSPS) is 17.2. The smallest absolute Gasteiger partial charge is 0.471 e. The van der Waals surface area contributed by atoms with Crippen molar-refractivity contribution in [1.82, 2.24) is 29.5 Å². The van der Waals surface area contributed by atoms with Gasteiger partial charge in [0.05, 0.1) is 46.0 Å². The number of hydrogen-bond acceptors (Lipinski definition) is 13. The molecule has 4 atom stereocenters. The number of fused-ring (bicyclic) bond motifs is 1. The first-order valence-corrected chi connectivity index (χ1v) is 22.2. The van der Waals surface area contributed by atoms with Gasteiger partial charge in [0.15, 0.2) is 11.2 Å². The summed E-state index contributed by atoms with van der Waals surface area (Å²) in [7, 11) is 1.36. The van der Waals surface area contributed by atoms with E-state index in [-0.39, 0.29) is 80.5 Å². The van der Waals surface area contributed by atoms with Crippen molar-refractivity contribution >= 4 is 31.5 Å². The van der Waals surface area contributed by atoms with Crippen molar-refractivity contribution in [3.8, 4) is 17.6 Å². The number of nitrogens with one attached hydrogen (secondary N) is 2. The van der Waals surface area contributed by atoms with Crippen molar-refractivity contribution in [2.45, 2.75) is 95.7 Å². The van der Waals surface area contributed by atoms with Gasteiger partial charge in [0, 0.05) is 31.5 Å². The fourth-order valence-electron chi connectivity index (χ4n) is 7.88. The summed E-state index contributed by atoms with van der Waals surface area (Å²) in [6.07, 6.45) is -7.28. The third-order valence-corrected chi connectivity index (χ3v) is 12.9. The molecule has 0 radical (unpaired) electrons. The van der Waals surface area contributed by atoms with E-state index in [9.17, 15) is 28.0 Å². The zero-order chi connectivity index (χ0) is 46.9. The summed E-state index contributed by atoms with van der Waals surface area (Å²) in [5.74, 6) is -0.720. The number of methoxy groups -OCH3 is 2. The molecule has 1 amide bonds. The van der Waals surface area contributed by atoms with Crippen molar-refractivity contribution in [1.29, 1.82) is 5.26 Å². The monoisotopic (exact) mass is 922 g/mol. The highest BCUT2D eigenvalue weighted by Crippen LogP contribution is 2.51. The number of aromatic nitrogens is 4. The van der Waals surface area contributed by atoms with E-state index in [0.717, 1.165) is 16.7 Å². The van der Waals surface area contributed by atoms with Crippen molar-refractivity contribution in [3.05, 3.63) is 112 Å². The van der Waals surface area contributed by atoms with Crippen LogP contribution in [0.4, 0.5) is 19.1 Å². The lowest BCUT2D eigenvalue weighted by molar-refractivity contribution is -0.173. The topological polar surface area (TPSA) is 201 Å². The molecule has 5 aromatic rings. The highest BCUT2D eigenvalue weighted by atomic mass is 31.2. The number of carbonyl (C=O) groups excluding carboxylic acids is 1. The zero-order valence-electron chi connectivity index (χ0n) is 37.0. The molecule has 1 aliphatic heterocycles. The van der Waals surface area contributed by atoms with Gasteiger partial charge in [0.1, 0.15) is 35.3 Å². The zero-order valence-corrected chi connectivity index (χ0v) is 37.9. The van der Waals surface area contributed by atoms with Gasteiger partial charge in [-0.15, -0.1) is 0 Å². The molecular weight excluding hydrogens is 869 g/mol. The van der Waals surface area contributed by atoms with Crippen molar-refractivity contribution in [2.24, 2.45) is 0 Å². The van der Waals surface area contributed by atoms with Gasteiger partial charge >= 0.3 is 12.1 Å². The molecule has 348 valence electrons. The van der Waals surface area contributed by atoms with Gasteiger partial charge in [-0.2, -0.15) is 23.4 Å². The van der Waals surface area contributed by atoms with Crippen LogP contribution in [-0.2, 0) is 35.3 Å². The number of nitrogens with two attached hydrogens (primary N) is 1. The lowest BCUT2D eigenvalue weighted by Gasteiger charge is -2.39. The fraction of sp³-hybridized carbons (Fsp3) is 0.444. The third-order valence-electron chi connectivity index (χ3n) is 10.8. The van der Waals surface area contributed by atoms with E-state index >= 15 is 0 Å². The van der Waals surface area contributed by atoms with Crippen LogP contribution in [0.25, 0.3) is 11.2 Å². The molecule has 0 spiro atoms. The number of H-pyrrole nitrogens is 1. The summed E-state index contributed by atoms with van der Waals surface area (Å²) in [6.45, 7) is 7.78. The summed E-state index contributed by atoms with van der Waals surface area (Å²) in [6, 6.07) is 26.9. The predicted octanol–water partition coefficient (Wildman–Crippen LogP) is 7.29. The highest BCUT2D eigenvalue weighted by molar-refractivity contribution is 7.44. The van der Waals surface area contributed by atoms with E-state index in [2.05, 4.69) is 25.7 Å². The number of anilines is 1. The molecule has 65 heavy (non-hydrogen) atoms. The molecule has 0 bridgehead atoms. The Bertz CT molecular complexity index is 2390. The van der Waals surface area contributed by atoms with Crippen LogP contribution < -0.4 is 26.1 Å². The molecule has 0 saturated carbocycles. The van der Waals surface area contributed by atoms with Crippen molar-refractivity contribution < 1.29 is 46.0 Å². The maximum atomic E-state index is 13.2. The number of halogens is 3.